The first kappa shape index (κ1) is 15.3. The van der Waals surface area contributed by atoms with Crippen LogP contribution in [0.2, 0.25) is 0 Å². The van der Waals surface area contributed by atoms with Crippen LogP contribution in [0.15, 0.2) is 0 Å². The molecule has 1 aliphatic carbocycles. The molecule has 1 fully saturated rings. The third kappa shape index (κ3) is 2.82. The Morgan fingerprint density at radius 2 is 2.09 bits per heavy atom. The average molecular weight is 335 g/mol. The van der Waals surface area contributed by atoms with Crippen LogP contribution < -0.4 is 9.96 Å². The number of aryl methyl sites for hydroxylation is 2. The minimum absolute atomic E-state index is 0.829. The van der Waals surface area contributed by atoms with Crippen LogP contribution in [0.25, 0.3) is 10.2 Å². The number of rotatable bonds is 4. The number of aromatic nitrogens is 2. The first-order chi connectivity index (χ1) is 11.3. The van der Waals surface area contributed by atoms with E-state index in [1.165, 1.54) is 33.6 Å². The Morgan fingerprint density at radius 1 is 1.26 bits per heavy atom. The Hall–Kier alpha value is -1.28. The molecule has 1 N–H and O–H groups in total. The van der Waals surface area contributed by atoms with Gasteiger partial charge in [-0.2, -0.15) is 0 Å². The summed E-state index contributed by atoms with van der Waals surface area (Å²) in [5.74, 6) is 1.83. The number of hydrogen-bond acceptors (Lipinski definition) is 6. The lowest BCUT2D eigenvalue weighted by atomic mass is 10.2. The van der Waals surface area contributed by atoms with Gasteiger partial charge in [-0.1, -0.05) is 0 Å². The van der Waals surface area contributed by atoms with E-state index in [2.05, 4.69) is 0 Å². The molecule has 3 heterocycles. The normalized spacial score (nSPS) is 18.5. The summed E-state index contributed by atoms with van der Waals surface area (Å²) in [6, 6.07) is 0. The highest BCUT2D eigenvalue weighted by molar-refractivity contribution is 7.19. The highest BCUT2D eigenvalue weighted by Gasteiger charge is 2.25. The number of hydroxylamine groups is 1. The first-order valence-corrected chi connectivity index (χ1v) is 9.08. The van der Waals surface area contributed by atoms with Gasteiger partial charge >= 0.3 is 0 Å². The molecular weight excluding hydrogens is 312 g/mol. The molecule has 1 aliphatic heterocycles. The molecule has 0 atom stereocenters. The Labute approximate surface area is 140 Å². The van der Waals surface area contributed by atoms with E-state index in [1.807, 2.05) is 18.4 Å². The number of nitrogens with one attached hydrogen (secondary N) is 1. The minimum atomic E-state index is 0.829. The highest BCUT2D eigenvalue weighted by Crippen LogP contribution is 2.40. The molecule has 0 radical (unpaired) electrons. The van der Waals surface area contributed by atoms with E-state index < -0.39 is 0 Å². The molecule has 2 aliphatic rings. The maximum atomic E-state index is 5.44. The second-order valence-corrected chi connectivity index (χ2v) is 7.30. The quantitative estimate of drug-likeness (QED) is 0.829. The van der Waals surface area contributed by atoms with E-state index >= 15 is 0 Å². The van der Waals surface area contributed by atoms with Crippen molar-refractivity contribution in [3.8, 4) is 0 Å². The average Bonchev–Trinajstić information content (AvgIpc) is 3.15. The third-order valence-electron chi connectivity index (χ3n) is 4.77. The summed E-state index contributed by atoms with van der Waals surface area (Å²) >= 11 is 1.84. The van der Waals surface area contributed by atoms with Crippen molar-refractivity contribution >= 4 is 27.4 Å². The van der Waals surface area contributed by atoms with Crippen molar-refractivity contribution in [2.45, 2.75) is 25.8 Å². The van der Waals surface area contributed by atoms with Crippen LogP contribution in [0.4, 0.5) is 5.82 Å². The molecule has 0 aromatic carbocycles. The number of nitrogens with zero attached hydrogens (tertiary/aromatic N) is 3. The maximum absolute atomic E-state index is 5.44. The number of fused-ring (bicyclic) bond motifs is 3. The predicted molar refractivity (Wildman–Crippen MR) is 90.1 cm³/mol. The lowest BCUT2D eigenvalue weighted by Gasteiger charge is -2.23. The van der Waals surface area contributed by atoms with Gasteiger partial charge in [-0.15, -0.1) is 11.3 Å². The summed E-state index contributed by atoms with van der Waals surface area (Å²) in [5.41, 5.74) is 1.44. The zero-order chi connectivity index (χ0) is 15.8. The van der Waals surface area contributed by atoms with Gasteiger partial charge in [-0.05, 0) is 24.8 Å². The second kappa shape index (κ2) is 6.32. The number of hydrogen-bond donors (Lipinski definition) is 1. The Kier molecular flexibility index (Phi) is 4.19. The molecule has 1 saturated heterocycles. The molecule has 7 heteroatoms. The molecular formula is C16H23N4O2S+. The molecule has 2 aromatic rings. The number of thiophene rings is 1. The fourth-order valence-electron chi connectivity index (χ4n) is 3.47. The Balaban J connectivity index is 1.74. The molecule has 0 spiro atoms. The number of quaternary nitrogens is 1. The summed E-state index contributed by atoms with van der Waals surface area (Å²) in [6.45, 7) is 4.56. The van der Waals surface area contributed by atoms with E-state index in [0.717, 1.165) is 55.7 Å². The monoisotopic (exact) mass is 335 g/mol. The van der Waals surface area contributed by atoms with Crippen LogP contribution in [0.1, 0.15) is 22.7 Å². The van der Waals surface area contributed by atoms with Gasteiger partial charge in [0.2, 0.25) is 0 Å². The molecule has 4 rings (SSSR count). The van der Waals surface area contributed by atoms with E-state index in [4.69, 9.17) is 19.5 Å². The van der Waals surface area contributed by atoms with Crippen LogP contribution in [0.3, 0.4) is 0 Å². The van der Waals surface area contributed by atoms with E-state index in [0.29, 0.717) is 0 Å². The molecule has 2 aromatic heterocycles. The summed E-state index contributed by atoms with van der Waals surface area (Å²) in [4.78, 5) is 19.3. The fraction of sp³-hybridized carbons (Fsp3) is 0.625. The molecule has 0 amide bonds. The summed E-state index contributed by atoms with van der Waals surface area (Å²) in [7, 11) is 3.61. The third-order valence-corrected chi connectivity index (χ3v) is 5.96. The standard InChI is InChI=1S/C16H22N4O2S/c1-19(21-2)15-14-11-4-3-5-12(11)23-16(14)18-13(17-15)10-20-6-8-22-9-7-20/h3-10H2,1-2H3/p+1. The summed E-state index contributed by atoms with van der Waals surface area (Å²) < 4.78 is 5.44. The van der Waals surface area contributed by atoms with Gasteiger partial charge in [0.1, 0.15) is 24.5 Å². The fourth-order valence-corrected chi connectivity index (χ4v) is 4.75. The van der Waals surface area contributed by atoms with Crippen molar-refractivity contribution in [2.24, 2.45) is 0 Å². The largest absolute Gasteiger partial charge is 0.370 e. The van der Waals surface area contributed by atoms with Gasteiger partial charge in [-0.25, -0.2) is 15.0 Å². The second-order valence-electron chi connectivity index (χ2n) is 6.22. The number of ether oxygens (including phenoxy) is 1. The van der Waals surface area contributed by atoms with Crippen molar-refractivity contribution in [1.82, 2.24) is 9.97 Å². The number of morpholine rings is 1. The molecule has 0 unspecified atom stereocenters. The van der Waals surface area contributed by atoms with Crippen LogP contribution >= 0.6 is 11.3 Å². The van der Waals surface area contributed by atoms with Crippen molar-refractivity contribution in [3.63, 3.8) is 0 Å². The Morgan fingerprint density at radius 3 is 2.87 bits per heavy atom. The van der Waals surface area contributed by atoms with Gasteiger partial charge in [0.05, 0.1) is 25.7 Å². The van der Waals surface area contributed by atoms with Crippen molar-refractivity contribution < 1.29 is 14.5 Å². The van der Waals surface area contributed by atoms with Crippen LogP contribution in [-0.4, -0.2) is 50.4 Å². The highest BCUT2D eigenvalue weighted by atomic mass is 32.1. The van der Waals surface area contributed by atoms with Gasteiger partial charge in [-0.3, -0.25) is 4.84 Å². The van der Waals surface area contributed by atoms with Crippen LogP contribution in [0, 0.1) is 0 Å². The zero-order valence-corrected chi connectivity index (χ0v) is 14.5. The van der Waals surface area contributed by atoms with Crippen molar-refractivity contribution in [1.29, 1.82) is 0 Å². The molecule has 6 nitrogen and oxygen atoms in total. The smallest absolute Gasteiger partial charge is 0.187 e. The van der Waals surface area contributed by atoms with Gasteiger partial charge in [0.25, 0.3) is 0 Å². The number of anilines is 1. The SMILES string of the molecule is CON(C)c1nc(C[NH+]2CCOCC2)nc2sc3c(c12)CCC3. The molecule has 0 saturated carbocycles. The lowest BCUT2D eigenvalue weighted by molar-refractivity contribution is -0.922. The van der Waals surface area contributed by atoms with E-state index in [9.17, 15) is 0 Å². The molecule has 23 heavy (non-hydrogen) atoms. The maximum Gasteiger partial charge on any atom is 0.187 e. The topological polar surface area (TPSA) is 51.9 Å². The van der Waals surface area contributed by atoms with E-state index in [1.54, 1.807) is 12.2 Å². The van der Waals surface area contributed by atoms with Gasteiger partial charge in [0.15, 0.2) is 11.6 Å². The van der Waals surface area contributed by atoms with Crippen LogP contribution in [0.5, 0.6) is 0 Å². The summed E-state index contributed by atoms with van der Waals surface area (Å²) in [5, 5.41) is 2.97. The van der Waals surface area contributed by atoms with Gasteiger partial charge in [0, 0.05) is 11.9 Å². The van der Waals surface area contributed by atoms with Crippen LogP contribution in [-0.2, 0) is 29.0 Å². The molecule has 0 bridgehead atoms. The van der Waals surface area contributed by atoms with Crippen molar-refractivity contribution in [3.05, 3.63) is 16.3 Å². The first-order valence-electron chi connectivity index (χ1n) is 8.26. The van der Waals surface area contributed by atoms with Crippen molar-refractivity contribution in [2.75, 3.05) is 45.5 Å². The minimum Gasteiger partial charge on any atom is -0.370 e. The van der Waals surface area contributed by atoms with Gasteiger partial charge < -0.3 is 9.64 Å². The van der Waals surface area contributed by atoms with E-state index in [-0.39, 0.29) is 0 Å². The predicted octanol–water partition coefficient (Wildman–Crippen LogP) is 0.593. The lowest BCUT2D eigenvalue weighted by Crippen LogP contribution is -3.12. The summed E-state index contributed by atoms with van der Waals surface area (Å²) in [6.07, 6.45) is 3.56. The zero-order valence-electron chi connectivity index (χ0n) is 13.7. The Bertz CT molecular complexity index is 712. The molecule has 124 valence electrons.